The molecule has 2 aromatic rings. The van der Waals surface area contributed by atoms with E-state index >= 15 is 0 Å². The summed E-state index contributed by atoms with van der Waals surface area (Å²) < 4.78 is 51.3. The average molecular weight is 429 g/mol. The number of hydrogen-bond donors (Lipinski definition) is 2. The van der Waals surface area contributed by atoms with Crippen LogP contribution in [0.2, 0.25) is 0 Å². The third kappa shape index (κ3) is 4.40. The summed E-state index contributed by atoms with van der Waals surface area (Å²) in [4.78, 5) is 16.0. The number of fused-ring (bicyclic) bond motifs is 1. The van der Waals surface area contributed by atoms with Crippen LogP contribution in [0.3, 0.4) is 0 Å². The summed E-state index contributed by atoms with van der Waals surface area (Å²) in [7, 11) is 0. The summed E-state index contributed by atoms with van der Waals surface area (Å²) >= 11 is 0. The minimum atomic E-state index is -1.33. The van der Waals surface area contributed by atoms with Crippen molar-refractivity contribution in [3.05, 3.63) is 89.9 Å². The molecule has 0 bridgehead atoms. The molecule has 1 aromatic carbocycles. The molecule has 0 radical (unpaired) electrons. The maximum atomic E-state index is 13.7. The van der Waals surface area contributed by atoms with Crippen LogP contribution in [0.1, 0.15) is 6.92 Å². The number of hydrogen-bond acceptors (Lipinski definition) is 4. The molecular formula is C22H18F3N3O3. The summed E-state index contributed by atoms with van der Waals surface area (Å²) in [6.45, 7) is 5.80. The van der Waals surface area contributed by atoms with Crippen molar-refractivity contribution < 1.29 is 27.4 Å². The molecule has 2 fully saturated rings. The van der Waals surface area contributed by atoms with E-state index in [0.717, 1.165) is 0 Å². The van der Waals surface area contributed by atoms with E-state index in [-0.39, 0.29) is 18.1 Å². The molecule has 0 spiro atoms. The Morgan fingerprint density at radius 1 is 1.19 bits per heavy atom. The van der Waals surface area contributed by atoms with Gasteiger partial charge in [0.05, 0.1) is 17.6 Å². The first kappa shape index (κ1) is 20.5. The van der Waals surface area contributed by atoms with Crippen LogP contribution >= 0.6 is 0 Å². The number of anilines is 1. The van der Waals surface area contributed by atoms with Crippen LogP contribution in [-0.2, 0) is 4.74 Å². The molecule has 2 amide bonds. The van der Waals surface area contributed by atoms with Gasteiger partial charge in [-0.15, -0.1) is 0 Å². The first-order valence-electron chi connectivity index (χ1n) is 9.38. The second-order valence-corrected chi connectivity index (χ2v) is 7.10. The Morgan fingerprint density at radius 2 is 1.90 bits per heavy atom. The van der Waals surface area contributed by atoms with Gasteiger partial charge in [0, 0.05) is 24.5 Å². The van der Waals surface area contributed by atoms with E-state index < -0.39 is 29.2 Å². The number of ether oxygens (including phenoxy) is 2. The summed E-state index contributed by atoms with van der Waals surface area (Å²) in [5, 5.41) is 4.79. The first-order valence-corrected chi connectivity index (χ1v) is 9.38. The normalized spacial score (nSPS) is 23.2. The minimum Gasteiger partial charge on any atom is -0.487 e. The van der Waals surface area contributed by atoms with Crippen molar-refractivity contribution in [2.45, 2.75) is 19.1 Å². The molecule has 4 rings (SSSR count). The summed E-state index contributed by atoms with van der Waals surface area (Å²) in [6, 6.07) is 3.31. The Kier molecular flexibility index (Phi) is 5.41. The van der Waals surface area contributed by atoms with Crippen molar-refractivity contribution in [2.24, 2.45) is 5.92 Å². The number of nitrogens with zero attached hydrogens (tertiary/aromatic N) is 1. The Morgan fingerprint density at radius 3 is 2.58 bits per heavy atom. The Hall–Kier alpha value is -3.75. The number of urea groups is 1. The second-order valence-electron chi connectivity index (χ2n) is 7.10. The van der Waals surface area contributed by atoms with Gasteiger partial charge in [-0.2, -0.15) is 0 Å². The highest BCUT2D eigenvalue weighted by atomic mass is 19.2. The number of rotatable bonds is 5. The van der Waals surface area contributed by atoms with Crippen LogP contribution in [0, 0.1) is 23.4 Å². The Labute approximate surface area is 176 Å². The van der Waals surface area contributed by atoms with Gasteiger partial charge >= 0.3 is 6.03 Å². The van der Waals surface area contributed by atoms with Crippen LogP contribution in [0.4, 0.5) is 23.7 Å². The molecule has 0 unspecified atom stereocenters. The van der Waals surface area contributed by atoms with Gasteiger partial charge in [0.15, 0.2) is 11.6 Å². The van der Waals surface area contributed by atoms with E-state index in [4.69, 9.17) is 9.47 Å². The molecule has 160 valence electrons. The van der Waals surface area contributed by atoms with Crippen molar-refractivity contribution in [3.63, 3.8) is 0 Å². The Balaban J connectivity index is 1.31. The smallest absolute Gasteiger partial charge is 0.319 e. The van der Waals surface area contributed by atoms with Gasteiger partial charge in [0.25, 0.3) is 0 Å². The predicted molar refractivity (Wildman–Crippen MR) is 106 cm³/mol. The van der Waals surface area contributed by atoms with Gasteiger partial charge in [0.2, 0.25) is 0 Å². The third-order valence-corrected chi connectivity index (χ3v) is 4.89. The fourth-order valence-corrected chi connectivity index (χ4v) is 3.30. The van der Waals surface area contributed by atoms with E-state index in [0.29, 0.717) is 35.0 Å². The van der Waals surface area contributed by atoms with Crippen LogP contribution < -0.4 is 15.4 Å². The molecule has 31 heavy (non-hydrogen) atoms. The topological polar surface area (TPSA) is 72.5 Å². The summed E-state index contributed by atoms with van der Waals surface area (Å²) in [5.41, 5.74) is 0.250. The number of nitrogens with one attached hydrogen (secondary N) is 2. The molecule has 2 N–H and O–H groups in total. The van der Waals surface area contributed by atoms with Crippen molar-refractivity contribution in [1.29, 1.82) is 0 Å². The summed E-state index contributed by atoms with van der Waals surface area (Å²) in [5.74, 6) is -1.92. The highest BCUT2D eigenvalue weighted by Gasteiger charge is 2.60. The van der Waals surface area contributed by atoms with E-state index in [1.54, 1.807) is 43.6 Å². The largest absolute Gasteiger partial charge is 0.487 e. The summed E-state index contributed by atoms with van der Waals surface area (Å²) in [6.07, 6.45) is 6.43. The van der Waals surface area contributed by atoms with Crippen molar-refractivity contribution in [1.82, 2.24) is 10.3 Å². The number of carbonyl (C=O) groups excluding carboxylic acids is 1. The van der Waals surface area contributed by atoms with Gasteiger partial charge in [-0.3, -0.25) is 4.98 Å². The molecule has 9 heteroatoms. The number of carbonyl (C=O) groups is 1. The molecule has 6 nitrogen and oxygen atoms in total. The molecule has 1 aromatic heterocycles. The van der Waals surface area contributed by atoms with Crippen LogP contribution in [0.15, 0.2) is 72.5 Å². The molecule has 3 atom stereocenters. The van der Waals surface area contributed by atoms with Crippen molar-refractivity contribution >= 4 is 11.7 Å². The van der Waals surface area contributed by atoms with E-state index in [9.17, 15) is 18.0 Å². The van der Waals surface area contributed by atoms with Crippen LogP contribution in [0.5, 0.6) is 5.75 Å². The number of pyridine rings is 1. The quantitative estimate of drug-likeness (QED) is 0.545. The lowest BCUT2D eigenvalue weighted by Gasteiger charge is -2.12. The van der Waals surface area contributed by atoms with E-state index in [2.05, 4.69) is 22.2 Å². The molecule has 1 aliphatic heterocycles. The lowest BCUT2D eigenvalue weighted by Crippen LogP contribution is -2.34. The highest BCUT2D eigenvalue weighted by molar-refractivity contribution is 5.90. The zero-order chi connectivity index (χ0) is 22.1. The number of aromatic nitrogens is 1. The lowest BCUT2D eigenvalue weighted by molar-refractivity contribution is 0.210. The minimum absolute atomic E-state index is 0.123. The van der Waals surface area contributed by atoms with Gasteiger partial charge in [-0.05, 0) is 36.8 Å². The molecule has 2 heterocycles. The van der Waals surface area contributed by atoms with Gasteiger partial charge in [0.1, 0.15) is 29.2 Å². The standard InChI is InChI=1S/C22H18F3N3O3/c1-11(30-13-5-7-26-8-6-13)3-4-18-12(2)19-20(21(19)31-18)28-22(29)27-17-10-15(24)14(23)9-16(17)25/h3-10,19-21H,2H2,1H3,(H2,27,28,29)/b11-3+,18-4+/t19-,20-,21-/m0/s1. The monoisotopic (exact) mass is 429 g/mol. The van der Waals surface area contributed by atoms with Crippen molar-refractivity contribution in [3.8, 4) is 5.75 Å². The fourth-order valence-electron chi connectivity index (χ4n) is 3.30. The maximum Gasteiger partial charge on any atom is 0.319 e. The maximum absolute atomic E-state index is 13.7. The predicted octanol–water partition coefficient (Wildman–Crippen LogP) is 4.44. The number of halogens is 3. The zero-order valence-electron chi connectivity index (χ0n) is 16.4. The highest BCUT2D eigenvalue weighted by Crippen LogP contribution is 2.50. The average Bonchev–Trinajstić information content (AvgIpc) is 3.28. The number of benzene rings is 1. The first-order chi connectivity index (χ1) is 14.8. The molecule has 1 saturated carbocycles. The van der Waals surface area contributed by atoms with Gasteiger partial charge in [-0.1, -0.05) is 6.58 Å². The second kappa shape index (κ2) is 8.17. The van der Waals surface area contributed by atoms with Crippen molar-refractivity contribution in [2.75, 3.05) is 5.32 Å². The fraction of sp³-hybridized carbons (Fsp3) is 0.182. The molecular weight excluding hydrogens is 411 g/mol. The van der Waals surface area contributed by atoms with Crippen LogP contribution in [-0.4, -0.2) is 23.2 Å². The van der Waals surface area contributed by atoms with Gasteiger partial charge in [-0.25, -0.2) is 18.0 Å². The Bertz CT molecular complexity index is 1100. The van der Waals surface area contributed by atoms with Gasteiger partial charge < -0.3 is 20.1 Å². The van der Waals surface area contributed by atoms with E-state index in [1.807, 2.05) is 0 Å². The zero-order valence-corrected chi connectivity index (χ0v) is 16.4. The van der Waals surface area contributed by atoms with Crippen LogP contribution in [0.25, 0.3) is 0 Å². The third-order valence-electron chi connectivity index (χ3n) is 4.89. The SMILES string of the molecule is C=C1/C(=C\C=C(/C)Oc2ccncc2)O[C@@H]2[C@@H](NC(=O)Nc3cc(F)c(F)cc3F)[C@H]12. The molecule has 2 aliphatic rings. The lowest BCUT2D eigenvalue weighted by atomic mass is 10.1. The number of amides is 2. The van der Waals surface area contributed by atoms with E-state index in [1.165, 1.54) is 0 Å². The molecule has 1 saturated heterocycles. The number of allylic oxidation sites excluding steroid dienone is 4. The molecule has 1 aliphatic carbocycles.